The van der Waals surface area contributed by atoms with Gasteiger partial charge in [0.1, 0.15) is 0 Å². The molecule has 2 aromatic rings. The van der Waals surface area contributed by atoms with E-state index < -0.39 is 5.25 Å². The number of carbonyl (C=O) groups excluding carboxylic acids is 2. The minimum atomic E-state index is -0.415. The lowest BCUT2D eigenvalue weighted by Crippen LogP contribution is -2.32. The van der Waals surface area contributed by atoms with Gasteiger partial charge < -0.3 is 15.5 Å². The Labute approximate surface area is 169 Å². The van der Waals surface area contributed by atoms with Crippen molar-refractivity contribution in [1.29, 1.82) is 0 Å². The van der Waals surface area contributed by atoms with Crippen LogP contribution in [-0.4, -0.2) is 30.2 Å². The maximum Gasteiger partial charge on any atom is 0.238 e. The van der Waals surface area contributed by atoms with E-state index in [1.165, 1.54) is 36.7 Å². The third-order valence-corrected chi connectivity index (χ3v) is 6.46. The molecule has 0 aromatic heterocycles. The quantitative estimate of drug-likeness (QED) is 0.804. The van der Waals surface area contributed by atoms with Crippen molar-refractivity contribution >= 4 is 40.6 Å². The number of thioether (sulfide) groups is 1. The number of aryl methyl sites for hydroxylation is 1. The Kier molecular flexibility index (Phi) is 5.57. The van der Waals surface area contributed by atoms with E-state index in [1.807, 2.05) is 37.3 Å². The summed E-state index contributed by atoms with van der Waals surface area (Å²) in [5, 5.41) is 5.41. The van der Waals surface area contributed by atoms with Crippen LogP contribution in [0.15, 0.2) is 47.4 Å². The summed E-state index contributed by atoms with van der Waals surface area (Å²) in [5.41, 5.74) is 3.93. The first-order valence-corrected chi connectivity index (χ1v) is 10.7. The Balaban J connectivity index is 1.35. The third kappa shape index (κ3) is 4.33. The first-order valence-electron chi connectivity index (χ1n) is 9.81. The highest BCUT2D eigenvalue weighted by Gasteiger charge is 2.29. The van der Waals surface area contributed by atoms with Crippen molar-refractivity contribution < 1.29 is 9.59 Å². The van der Waals surface area contributed by atoms with E-state index in [4.69, 9.17) is 0 Å². The number of fused-ring (bicyclic) bond motifs is 1. The van der Waals surface area contributed by atoms with Gasteiger partial charge in [-0.15, -0.1) is 11.8 Å². The van der Waals surface area contributed by atoms with Crippen molar-refractivity contribution in [3.8, 4) is 0 Å². The highest BCUT2D eigenvalue weighted by Crippen LogP contribution is 2.37. The number of carbonyl (C=O) groups is 2. The van der Waals surface area contributed by atoms with Gasteiger partial charge in [-0.25, -0.2) is 0 Å². The normalized spacial score (nSPS) is 19.0. The summed E-state index contributed by atoms with van der Waals surface area (Å²) in [7, 11) is 0. The molecule has 146 valence electrons. The van der Waals surface area contributed by atoms with Crippen molar-refractivity contribution in [3.63, 3.8) is 0 Å². The second-order valence-electron chi connectivity index (χ2n) is 7.44. The van der Waals surface area contributed by atoms with E-state index in [9.17, 15) is 9.59 Å². The van der Waals surface area contributed by atoms with Gasteiger partial charge >= 0.3 is 0 Å². The molecule has 2 heterocycles. The molecule has 1 fully saturated rings. The maximum absolute atomic E-state index is 12.5. The van der Waals surface area contributed by atoms with Crippen LogP contribution >= 0.6 is 11.8 Å². The average Bonchev–Trinajstić information content (AvgIpc) is 2.70. The van der Waals surface area contributed by atoms with Gasteiger partial charge in [-0.1, -0.05) is 6.07 Å². The summed E-state index contributed by atoms with van der Waals surface area (Å²) in [6.45, 7) is 4.22. The van der Waals surface area contributed by atoms with Crippen LogP contribution in [0.5, 0.6) is 0 Å². The second kappa shape index (κ2) is 8.27. The predicted octanol–water partition coefficient (Wildman–Crippen LogP) is 4.43. The molecule has 5 nitrogen and oxygen atoms in total. The Bertz CT molecular complexity index is 876. The fourth-order valence-electron chi connectivity index (χ4n) is 3.67. The molecule has 0 radical (unpaired) electrons. The number of hydrogen-bond donors (Lipinski definition) is 2. The van der Waals surface area contributed by atoms with Crippen LogP contribution < -0.4 is 15.5 Å². The van der Waals surface area contributed by atoms with Gasteiger partial charge in [0, 0.05) is 35.8 Å². The molecule has 2 aliphatic heterocycles. The Morgan fingerprint density at radius 3 is 2.64 bits per heavy atom. The molecule has 1 unspecified atom stereocenters. The zero-order valence-electron chi connectivity index (χ0n) is 16.0. The standard InChI is InChI=1S/C22H25N3O2S/c1-15-5-10-18-19(13-15)28-20(22(27)24-18)14-21(26)23-16-6-8-17(9-7-16)25-11-3-2-4-12-25/h5-10,13,20H,2-4,11-12,14H2,1H3,(H,23,26)(H,24,27). The highest BCUT2D eigenvalue weighted by molar-refractivity contribution is 8.01. The lowest BCUT2D eigenvalue weighted by atomic mass is 10.1. The summed E-state index contributed by atoms with van der Waals surface area (Å²) in [5.74, 6) is -0.258. The summed E-state index contributed by atoms with van der Waals surface area (Å²) in [6.07, 6.45) is 3.93. The highest BCUT2D eigenvalue weighted by atomic mass is 32.2. The molecular weight excluding hydrogens is 370 g/mol. The van der Waals surface area contributed by atoms with Gasteiger partial charge in [-0.05, 0) is 68.1 Å². The number of benzene rings is 2. The molecular formula is C22H25N3O2S. The van der Waals surface area contributed by atoms with Gasteiger partial charge in [0.05, 0.1) is 10.9 Å². The zero-order chi connectivity index (χ0) is 19.5. The number of hydrogen-bond acceptors (Lipinski definition) is 4. The van der Waals surface area contributed by atoms with Crippen molar-refractivity contribution in [1.82, 2.24) is 0 Å². The molecule has 6 heteroatoms. The number of nitrogens with zero attached hydrogens (tertiary/aromatic N) is 1. The van der Waals surface area contributed by atoms with Crippen LogP contribution in [-0.2, 0) is 9.59 Å². The largest absolute Gasteiger partial charge is 0.372 e. The fourth-order valence-corrected chi connectivity index (χ4v) is 4.88. The van der Waals surface area contributed by atoms with Crippen LogP contribution in [0.3, 0.4) is 0 Å². The van der Waals surface area contributed by atoms with E-state index in [-0.39, 0.29) is 18.2 Å². The Morgan fingerprint density at radius 1 is 1.14 bits per heavy atom. The molecule has 0 spiro atoms. The van der Waals surface area contributed by atoms with Gasteiger partial charge in [0.15, 0.2) is 0 Å². The van der Waals surface area contributed by atoms with Crippen molar-refractivity contribution in [3.05, 3.63) is 48.0 Å². The van der Waals surface area contributed by atoms with E-state index in [0.29, 0.717) is 0 Å². The molecule has 2 amide bonds. The molecule has 4 rings (SSSR count). The first-order chi connectivity index (χ1) is 13.6. The minimum Gasteiger partial charge on any atom is -0.372 e. The number of amides is 2. The van der Waals surface area contributed by atoms with Crippen molar-refractivity contribution in [2.45, 2.75) is 42.8 Å². The molecule has 0 aliphatic carbocycles. The van der Waals surface area contributed by atoms with Gasteiger partial charge in [0.25, 0.3) is 0 Å². The lowest BCUT2D eigenvalue weighted by molar-refractivity contribution is -0.120. The number of rotatable bonds is 4. The SMILES string of the molecule is Cc1ccc2c(c1)SC(CC(=O)Nc1ccc(N3CCCCC3)cc1)C(=O)N2. The molecule has 0 bridgehead atoms. The minimum absolute atomic E-state index is 0.114. The number of piperidine rings is 1. The van der Waals surface area contributed by atoms with Crippen molar-refractivity contribution in [2.75, 3.05) is 28.6 Å². The lowest BCUT2D eigenvalue weighted by Gasteiger charge is -2.28. The molecule has 2 aliphatic rings. The van der Waals surface area contributed by atoms with Crippen LogP contribution in [0, 0.1) is 6.92 Å². The Morgan fingerprint density at radius 2 is 1.89 bits per heavy atom. The number of nitrogens with one attached hydrogen (secondary N) is 2. The van der Waals surface area contributed by atoms with Crippen LogP contribution in [0.25, 0.3) is 0 Å². The molecule has 2 aromatic carbocycles. The summed E-state index contributed by atoms with van der Waals surface area (Å²) < 4.78 is 0. The maximum atomic E-state index is 12.5. The third-order valence-electron chi connectivity index (χ3n) is 5.20. The van der Waals surface area contributed by atoms with E-state index >= 15 is 0 Å². The monoisotopic (exact) mass is 395 g/mol. The first kappa shape index (κ1) is 18.9. The van der Waals surface area contributed by atoms with Gasteiger partial charge in [-0.3, -0.25) is 9.59 Å². The predicted molar refractivity (Wildman–Crippen MR) is 115 cm³/mol. The van der Waals surface area contributed by atoms with Crippen molar-refractivity contribution in [2.24, 2.45) is 0 Å². The van der Waals surface area contributed by atoms with Gasteiger partial charge in [-0.2, -0.15) is 0 Å². The van der Waals surface area contributed by atoms with Crippen LogP contribution in [0.1, 0.15) is 31.2 Å². The fraction of sp³-hybridized carbons (Fsp3) is 0.364. The number of anilines is 3. The molecule has 1 atom stereocenters. The molecule has 2 N–H and O–H groups in total. The second-order valence-corrected chi connectivity index (χ2v) is 8.69. The molecule has 28 heavy (non-hydrogen) atoms. The van der Waals surface area contributed by atoms with E-state index in [2.05, 4.69) is 27.7 Å². The zero-order valence-corrected chi connectivity index (χ0v) is 16.8. The summed E-state index contributed by atoms with van der Waals surface area (Å²) >= 11 is 1.46. The average molecular weight is 396 g/mol. The van der Waals surface area contributed by atoms with Gasteiger partial charge in [0.2, 0.25) is 11.8 Å². The van der Waals surface area contributed by atoms with Crippen LogP contribution in [0.2, 0.25) is 0 Å². The van der Waals surface area contributed by atoms with Crippen LogP contribution in [0.4, 0.5) is 17.1 Å². The summed E-state index contributed by atoms with van der Waals surface area (Å²) in [4.78, 5) is 28.2. The molecule has 1 saturated heterocycles. The molecule has 0 saturated carbocycles. The topological polar surface area (TPSA) is 61.4 Å². The smallest absolute Gasteiger partial charge is 0.238 e. The summed E-state index contributed by atoms with van der Waals surface area (Å²) in [6, 6.07) is 13.9. The Hall–Kier alpha value is -2.47. The van der Waals surface area contributed by atoms with E-state index in [1.54, 1.807) is 0 Å². The van der Waals surface area contributed by atoms with E-state index in [0.717, 1.165) is 34.9 Å².